The summed E-state index contributed by atoms with van der Waals surface area (Å²) in [6, 6.07) is 4.57. The van der Waals surface area contributed by atoms with E-state index in [4.69, 9.17) is 16.3 Å². The van der Waals surface area contributed by atoms with Gasteiger partial charge in [0.25, 0.3) is 0 Å². The molecule has 1 aliphatic heterocycles. The van der Waals surface area contributed by atoms with Crippen LogP contribution in [0.4, 0.5) is 0 Å². The number of alkyl halides is 1. The molecule has 100 valence electrons. The Morgan fingerprint density at radius 3 is 2.89 bits per heavy atom. The van der Waals surface area contributed by atoms with Crippen LogP contribution in [0.1, 0.15) is 25.0 Å². The summed E-state index contributed by atoms with van der Waals surface area (Å²) >= 11 is 9.69. The molecule has 18 heavy (non-hydrogen) atoms. The first-order valence-corrected chi connectivity index (χ1v) is 7.86. The predicted molar refractivity (Wildman–Crippen MR) is 80.0 cm³/mol. The summed E-state index contributed by atoms with van der Waals surface area (Å²) in [5, 5.41) is 1.80. The molecule has 2 nitrogen and oxygen atoms in total. The van der Waals surface area contributed by atoms with Crippen molar-refractivity contribution in [2.45, 2.75) is 32.9 Å². The van der Waals surface area contributed by atoms with Crippen LogP contribution in [0, 0.1) is 0 Å². The van der Waals surface area contributed by atoms with Crippen molar-refractivity contribution in [3.63, 3.8) is 0 Å². The molecule has 0 saturated heterocycles. The molecule has 0 unspecified atom stereocenters. The summed E-state index contributed by atoms with van der Waals surface area (Å²) < 4.78 is 5.75. The zero-order valence-electron chi connectivity index (χ0n) is 10.9. The Labute approximate surface area is 122 Å². The van der Waals surface area contributed by atoms with Crippen molar-refractivity contribution in [1.29, 1.82) is 0 Å². The van der Waals surface area contributed by atoms with Crippen LogP contribution < -0.4 is 4.74 Å². The molecular formula is C14H19BrClNO. The molecule has 0 atom stereocenters. The van der Waals surface area contributed by atoms with Gasteiger partial charge >= 0.3 is 0 Å². The maximum atomic E-state index is 6.19. The molecule has 1 aliphatic rings. The molecule has 1 heterocycles. The Morgan fingerprint density at radius 1 is 1.44 bits per heavy atom. The average molecular weight is 333 g/mol. The third kappa shape index (κ3) is 3.19. The third-order valence-corrected chi connectivity index (χ3v) is 3.87. The lowest BCUT2D eigenvalue weighted by Crippen LogP contribution is -2.32. The Hall–Kier alpha value is -0.250. The van der Waals surface area contributed by atoms with E-state index in [0.29, 0.717) is 6.04 Å². The number of nitrogens with zero attached hydrogens (tertiary/aromatic N) is 1. The minimum atomic E-state index is 0.513. The molecule has 0 fully saturated rings. The van der Waals surface area contributed by atoms with Gasteiger partial charge in [0.05, 0.1) is 6.61 Å². The molecule has 1 aromatic rings. The highest BCUT2D eigenvalue weighted by atomic mass is 79.9. The van der Waals surface area contributed by atoms with E-state index in [1.807, 2.05) is 12.1 Å². The van der Waals surface area contributed by atoms with Crippen LogP contribution in [0.3, 0.4) is 0 Å². The van der Waals surface area contributed by atoms with Gasteiger partial charge in [0.1, 0.15) is 5.75 Å². The van der Waals surface area contributed by atoms with Gasteiger partial charge in [-0.05, 0) is 31.5 Å². The number of halogens is 2. The van der Waals surface area contributed by atoms with Gasteiger partial charge in [0.2, 0.25) is 0 Å². The number of hydrogen-bond acceptors (Lipinski definition) is 2. The first kappa shape index (κ1) is 14.2. The fourth-order valence-corrected chi connectivity index (χ4v) is 3.03. The first-order chi connectivity index (χ1) is 8.61. The number of hydrogen-bond donors (Lipinski definition) is 0. The molecule has 0 aliphatic carbocycles. The van der Waals surface area contributed by atoms with E-state index < -0.39 is 0 Å². The van der Waals surface area contributed by atoms with Gasteiger partial charge < -0.3 is 4.74 Å². The van der Waals surface area contributed by atoms with Gasteiger partial charge in [-0.1, -0.05) is 27.5 Å². The van der Waals surface area contributed by atoms with Crippen molar-refractivity contribution in [3.8, 4) is 5.75 Å². The molecule has 0 spiro atoms. The smallest absolute Gasteiger partial charge is 0.127 e. The zero-order valence-corrected chi connectivity index (χ0v) is 13.2. The van der Waals surface area contributed by atoms with Crippen molar-refractivity contribution in [3.05, 3.63) is 28.3 Å². The fourth-order valence-electron chi connectivity index (χ4n) is 2.31. The van der Waals surface area contributed by atoms with Gasteiger partial charge in [0, 0.05) is 41.5 Å². The second-order valence-corrected chi connectivity index (χ2v) is 6.13. The van der Waals surface area contributed by atoms with Crippen LogP contribution in [0.5, 0.6) is 5.75 Å². The molecule has 0 N–H and O–H groups in total. The summed E-state index contributed by atoms with van der Waals surface area (Å²) in [6.45, 7) is 7.14. The van der Waals surface area contributed by atoms with E-state index in [2.05, 4.69) is 34.7 Å². The average Bonchev–Trinajstić information content (AvgIpc) is 2.76. The van der Waals surface area contributed by atoms with E-state index in [1.54, 1.807) is 0 Å². The summed E-state index contributed by atoms with van der Waals surface area (Å²) in [4.78, 5) is 2.42. The second-order valence-electron chi connectivity index (χ2n) is 4.90. The highest BCUT2D eigenvalue weighted by Crippen LogP contribution is 2.33. The van der Waals surface area contributed by atoms with E-state index in [-0.39, 0.29) is 0 Å². The summed E-state index contributed by atoms with van der Waals surface area (Å²) in [6.07, 6.45) is 0.975. The predicted octanol–water partition coefficient (Wildman–Crippen LogP) is 3.88. The lowest BCUT2D eigenvalue weighted by Gasteiger charge is -2.26. The fraction of sp³-hybridized carbons (Fsp3) is 0.571. The van der Waals surface area contributed by atoms with Crippen molar-refractivity contribution in [2.75, 3.05) is 18.5 Å². The highest BCUT2D eigenvalue weighted by Gasteiger charge is 2.20. The Kier molecular flexibility index (Phi) is 4.93. The van der Waals surface area contributed by atoms with Gasteiger partial charge in [-0.3, -0.25) is 4.90 Å². The molecule has 0 bridgehead atoms. The summed E-state index contributed by atoms with van der Waals surface area (Å²) in [5.41, 5.74) is 2.46. The van der Waals surface area contributed by atoms with Gasteiger partial charge in [-0.15, -0.1) is 0 Å². The normalized spacial score (nSPS) is 14.1. The lowest BCUT2D eigenvalue weighted by molar-refractivity contribution is 0.223. The molecular weight excluding hydrogens is 314 g/mol. The zero-order chi connectivity index (χ0) is 13.1. The third-order valence-electron chi connectivity index (χ3n) is 3.30. The maximum Gasteiger partial charge on any atom is 0.127 e. The molecule has 0 aromatic heterocycles. The minimum absolute atomic E-state index is 0.513. The van der Waals surface area contributed by atoms with Crippen LogP contribution in [-0.2, 0) is 13.0 Å². The molecule has 1 aromatic carbocycles. The van der Waals surface area contributed by atoms with Crippen molar-refractivity contribution < 1.29 is 4.74 Å². The highest BCUT2D eigenvalue weighted by molar-refractivity contribution is 9.09. The molecule has 4 heteroatoms. The SMILES string of the molecule is CC(C)N(CCBr)Cc1cc(Cl)cc2c1OCC2. The largest absolute Gasteiger partial charge is 0.493 e. The van der Waals surface area contributed by atoms with E-state index in [9.17, 15) is 0 Å². The van der Waals surface area contributed by atoms with E-state index >= 15 is 0 Å². The molecule has 0 saturated carbocycles. The molecule has 0 amide bonds. The van der Waals surface area contributed by atoms with Crippen molar-refractivity contribution >= 4 is 27.5 Å². The number of ether oxygens (including phenoxy) is 1. The van der Waals surface area contributed by atoms with Crippen LogP contribution in [0.25, 0.3) is 0 Å². The Bertz CT molecular complexity index is 423. The number of rotatable bonds is 5. The van der Waals surface area contributed by atoms with E-state index in [0.717, 1.165) is 42.2 Å². The second kappa shape index (κ2) is 6.27. The van der Waals surface area contributed by atoms with Gasteiger partial charge in [-0.2, -0.15) is 0 Å². The maximum absolute atomic E-state index is 6.19. The minimum Gasteiger partial charge on any atom is -0.493 e. The first-order valence-electron chi connectivity index (χ1n) is 6.36. The topological polar surface area (TPSA) is 12.5 Å². The van der Waals surface area contributed by atoms with Crippen LogP contribution in [-0.4, -0.2) is 29.4 Å². The number of benzene rings is 1. The van der Waals surface area contributed by atoms with E-state index in [1.165, 1.54) is 11.1 Å². The van der Waals surface area contributed by atoms with Gasteiger partial charge in [0.15, 0.2) is 0 Å². The van der Waals surface area contributed by atoms with Crippen molar-refractivity contribution in [1.82, 2.24) is 4.90 Å². The molecule has 2 rings (SSSR count). The quantitative estimate of drug-likeness (QED) is 0.759. The lowest BCUT2D eigenvalue weighted by atomic mass is 10.1. The Balaban J connectivity index is 2.22. The Morgan fingerprint density at radius 2 is 2.22 bits per heavy atom. The monoisotopic (exact) mass is 331 g/mol. The summed E-state index contributed by atoms with van der Waals surface area (Å²) in [7, 11) is 0. The summed E-state index contributed by atoms with van der Waals surface area (Å²) in [5.74, 6) is 1.06. The van der Waals surface area contributed by atoms with Crippen LogP contribution in [0.15, 0.2) is 12.1 Å². The molecule has 0 radical (unpaired) electrons. The number of fused-ring (bicyclic) bond motifs is 1. The standard InChI is InChI=1S/C14H19BrClNO/c1-10(2)17(5-4-15)9-12-8-13(16)7-11-3-6-18-14(11)12/h7-8,10H,3-6,9H2,1-2H3. The van der Waals surface area contributed by atoms with Crippen LogP contribution >= 0.6 is 27.5 Å². The van der Waals surface area contributed by atoms with Crippen LogP contribution in [0.2, 0.25) is 5.02 Å². The van der Waals surface area contributed by atoms with Gasteiger partial charge in [-0.25, -0.2) is 0 Å². The van der Waals surface area contributed by atoms with Crippen molar-refractivity contribution in [2.24, 2.45) is 0 Å².